The largest absolute Gasteiger partial charge is 0.307 e. The van der Waals surface area contributed by atoms with Gasteiger partial charge in [-0.15, -0.1) is 23.7 Å². The van der Waals surface area contributed by atoms with Crippen LogP contribution < -0.4 is 4.90 Å². The van der Waals surface area contributed by atoms with Crippen LogP contribution in [0, 0.1) is 0 Å². The summed E-state index contributed by atoms with van der Waals surface area (Å²) in [5, 5.41) is 2.95. The summed E-state index contributed by atoms with van der Waals surface area (Å²) in [4.78, 5) is 12.4. The van der Waals surface area contributed by atoms with Gasteiger partial charge in [-0.25, -0.2) is 0 Å². The third kappa shape index (κ3) is 2.52. The van der Waals surface area contributed by atoms with Crippen LogP contribution in [0.25, 0.3) is 0 Å². The highest BCUT2D eigenvalue weighted by molar-refractivity contribution is 7.14. The number of carbonyl (C=O) groups excluding carboxylic acids is 1. The molecule has 0 radical (unpaired) electrons. The van der Waals surface area contributed by atoms with Crippen molar-refractivity contribution in [2.45, 2.75) is 6.92 Å². The van der Waals surface area contributed by atoms with E-state index >= 15 is 0 Å². The van der Waals surface area contributed by atoms with Crippen molar-refractivity contribution in [1.82, 2.24) is 0 Å². The van der Waals surface area contributed by atoms with Crippen LogP contribution in [0.4, 0.5) is 5.00 Å². The monoisotopic (exact) mass is 191 g/mol. The lowest BCUT2D eigenvalue weighted by atomic mass is 10.5. The van der Waals surface area contributed by atoms with Crippen LogP contribution in [0.5, 0.6) is 0 Å². The topological polar surface area (TPSA) is 20.3 Å². The van der Waals surface area contributed by atoms with E-state index in [0.717, 1.165) is 5.00 Å². The first-order valence-corrected chi connectivity index (χ1v) is 3.87. The van der Waals surface area contributed by atoms with Crippen molar-refractivity contribution < 1.29 is 4.79 Å². The minimum atomic E-state index is 0. The summed E-state index contributed by atoms with van der Waals surface area (Å²) in [6, 6.07) is 3.85. The van der Waals surface area contributed by atoms with Gasteiger partial charge in [-0.1, -0.05) is 0 Å². The molecule has 0 spiro atoms. The molecule has 1 heterocycles. The highest BCUT2D eigenvalue weighted by Crippen LogP contribution is 2.19. The lowest BCUT2D eigenvalue weighted by Gasteiger charge is -2.10. The lowest BCUT2D eigenvalue weighted by Crippen LogP contribution is -2.21. The number of halogens is 1. The van der Waals surface area contributed by atoms with Gasteiger partial charge in [-0.05, 0) is 17.5 Å². The molecule has 11 heavy (non-hydrogen) atoms. The minimum Gasteiger partial charge on any atom is -0.307 e. The van der Waals surface area contributed by atoms with Crippen LogP contribution in [0.1, 0.15) is 6.92 Å². The zero-order valence-electron chi connectivity index (χ0n) is 6.40. The fourth-order valence-corrected chi connectivity index (χ4v) is 1.36. The van der Waals surface area contributed by atoms with Crippen molar-refractivity contribution in [2.75, 3.05) is 11.9 Å². The maximum Gasteiger partial charge on any atom is 0.224 e. The number of nitrogens with zero attached hydrogens (tertiary/aromatic N) is 1. The Morgan fingerprint density at radius 2 is 2.27 bits per heavy atom. The molecular formula is C7H10ClNOS. The van der Waals surface area contributed by atoms with Crippen LogP contribution in [-0.4, -0.2) is 13.0 Å². The Hall–Kier alpha value is -0.540. The molecule has 0 unspecified atom stereocenters. The minimum absolute atomic E-state index is 0. The molecule has 0 saturated heterocycles. The van der Waals surface area contributed by atoms with Crippen LogP contribution in [0.2, 0.25) is 0 Å². The van der Waals surface area contributed by atoms with Gasteiger partial charge in [-0.2, -0.15) is 0 Å². The molecule has 62 valence electrons. The first-order valence-electron chi connectivity index (χ1n) is 2.99. The normalized spacial score (nSPS) is 8.55. The van der Waals surface area contributed by atoms with E-state index in [4.69, 9.17) is 0 Å². The van der Waals surface area contributed by atoms with Crippen molar-refractivity contribution >= 4 is 34.7 Å². The summed E-state index contributed by atoms with van der Waals surface area (Å²) >= 11 is 1.56. The van der Waals surface area contributed by atoms with Gasteiger partial charge in [0.15, 0.2) is 0 Å². The predicted molar refractivity (Wildman–Crippen MR) is 50.7 cm³/mol. The number of hydrogen-bond donors (Lipinski definition) is 0. The number of amides is 1. The second-order valence-corrected chi connectivity index (χ2v) is 2.96. The van der Waals surface area contributed by atoms with Gasteiger partial charge in [0.05, 0.1) is 5.00 Å². The summed E-state index contributed by atoms with van der Waals surface area (Å²) < 4.78 is 0. The molecule has 0 fully saturated rings. The molecule has 0 saturated carbocycles. The van der Waals surface area contributed by atoms with Crippen LogP contribution >= 0.6 is 23.7 Å². The van der Waals surface area contributed by atoms with Gasteiger partial charge in [-0.3, -0.25) is 4.79 Å². The SMILES string of the molecule is CC(=O)N(C)c1cccs1.Cl. The molecule has 0 aliphatic rings. The van der Waals surface area contributed by atoms with Gasteiger partial charge >= 0.3 is 0 Å². The Morgan fingerprint density at radius 1 is 1.64 bits per heavy atom. The average molecular weight is 192 g/mol. The van der Waals surface area contributed by atoms with Crippen molar-refractivity contribution in [2.24, 2.45) is 0 Å². The molecule has 0 atom stereocenters. The molecule has 1 aromatic rings. The van der Waals surface area contributed by atoms with Gasteiger partial charge < -0.3 is 4.90 Å². The first kappa shape index (κ1) is 10.5. The van der Waals surface area contributed by atoms with Gasteiger partial charge in [0.1, 0.15) is 0 Å². The second-order valence-electron chi connectivity index (χ2n) is 2.03. The second kappa shape index (κ2) is 4.36. The number of rotatable bonds is 1. The summed E-state index contributed by atoms with van der Waals surface area (Å²) in [5.74, 6) is 0.0717. The summed E-state index contributed by atoms with van der Waals surface area (Å²) in [7, 11) is 1.77. The molecule has 1 amide bonds. The zero-order chi connectivity index (χ0) is 7.56. The summed E-state index contributed by atoms with van der Waals surface area (Å²) in [6.45, 7) is 1.56. The van der Waals surface area contributed by atoms with Crippen molar-refractivity contribution in [1.29, 1.82) is 0 Å². The van der Waals surface area contributed by atoms with E-state index in [0.29, 0.717) is 0 Å². The Kier molecular flexibility index (Phi) is 4.15. The zero-order valence-corrected chi connectivity index (χ0v) is 8.04. The van der Waals surface area contributed by atoms with Crippen LogP contribution in [0.3, 0.4) is 0 Å². The predicted octanol–water partition coefficient (Wildman–Crippen LogP) is 2.15. The molecule has 4 heteroatoms. The Balaban J connectivity index is 0.000001000. The molecule has 0 aromatic carbocycles. The summed E-state index contributed by atoms with van der Waals surface area (Å²) in [5.41, 5.74) is 0. The first-order chi connectivity index (χ1) is 4.72. The highest BCUT2D eigenvalue weighted by Gasteiger charge is 2.03. The molecule has 0 N–H and O–H groups in total. The molecule has 0 bridgehead atoms. The van der Waals surface area contributed by atoms with Gasteiger partial charge in [0.25, 0.3) is 0 Å². The number of thiophene rings is 1. The standard InChI is InChI=1S/C7H9NOS.ClH/c1-6(9)8(2)7-4-3-5-10-7;/h3-5H,1-2H3;1H. The lowest BCUT2D eigenvalue weighted by molar-refractivity contribution is -0.116. The average Bonchev–Trinajstić information content (AvgIpc) is 2.36. The van der Waals surface area contributed by atoms with Gasteiger partial charge in [0, 0.05) is 14.0 Å². The number of carbonyl (C=O) groups is 1. The molecular weight excluding hydrogens is 182 g/mol. The summed E-state index contributed by atoms with van der Waals surface area (Å²) in [6.07, 6.45) is 0. The van der Waals surface area contributed by atoms with Crippen molar-refractivity contribution in [3.05, 3.63) is 17.5 Å². The van der Waals surface area contributed by atoms with Gasteiger partial charge in [0.2, 0.25) is 5.91 Å². The van der Waals surface area contributed by atoms with E-state index in [1.807, 2.05) is 17.5 Å². The van der Waals surface area contributed by atoms with E-state index in [1.165, 1.54) is 0 Å². The maximum absolute atomic E-state index is 10.8. The van der Waals surface area contributed by atoms with Crippen LogP contribution in [0.15, 0.2) is 17.5 Å². The fourth-order valence-electron chi connectivity index (χ4n) is 0.616. The van der Waals surface area contributed by atoms with Crippen LogP contribution in [-0.2, 0) is 4.79 Å². The fraction of sp³-hybridized carbons (Fsp3) is 0.286. The quantitative estimate of drug-likeness (QED) is 0.666. The van der Waals surface area contributed by atoms with E-state index in [9.17, 15) is 4.79 Å². The Morgan fingerprint density at radius 3 is 2.64 bits per heavy atom. The molecule has 1 aromatic heterocycles. The third-order valence-electron chi connectivity index (χ3n) is 1.31. The Bertz CT molecular complexity index is 222. The molecule has 0 aliphatic heterocycles. The maximum atomic E-state index is 10.8. The van der Waals surface area contributed by atoms with Crippen molar-refractivity contribution in [3.63, 3.8) is 0 Å². The smallest absolute Gasteiger partial charge is 0.224 e. The third-order valence-corrected chi connectivity index (χ3v) is 2.25. The van der Waals surface area contributed by atoms with Crippen molar-refractivity contribution in [3.8, 4) is 0 Å². The Labute approximate surface area is 76.2 Å². The highest BCUT2D eigenvalue weighted by atomic mass is 35.5. The number of hydrogen-bond acceptors (Lipinski definition) is 2. The van der Waals surface area contributed by atoms with E-state index in [-0.39, 0.29) is 18.3 Å². The van der Waals surface area contributed by atoms with E-state index in [1.54, 1.807) is 30.2 Å². The molecule has 0 aliphatic carbocycles. The molecule has 1 rings (SSSR count). The van der Waals surface area contributed by atoms with E-state index in [2.05, 4.69) is 0 Å². The number of anilines is 1. The van der Waals surface area contributed by atoms with E-state index < -0.39 is 0 Å². The molecule has 2 nitrogen and oxygen atoms in total.